The molecule has 1 aromatic rings. The van der Waals surface area contributed by atoms with Gasteiger partial charge in [-0.25, -0.2) is 4.79 Å². The highest BCUT2D eigenvalue weighted by Gasteiger charge is 2.00. The Balaban J connectivity index is 2.02. The number of carbonyl (C=O) groups excluding carboxylic acids is 1. The van der Waals surface area contributed by atoms with Gasteiger partial charge in [0.1, 0.15) is 0 Å². The molecule has 0 atom stereocenters. The lowest BCUT2D eigenvalue weighted by atomic mass is 10.2. The van der Waals surface area contributed by atoms with Gasteiger partial charge in [0.15, 0.2) is 0 Å². The van der Waals surface area contributed by atoms with Crippen LogP contribution in [0.3, 0.4) is 0 Å². The summed E-state index contributed by atoms with van der Waals surface area (Å²) >= 11 is 0. The van der Waals surface area contributed by atoms with Crippen LogP contribution in [0.4, 0.5) is 10.5 Å². The first kappa shape index (κ1) is 15.5. The molecule has 4 heteroatoms. The molecule has 0 heterocycles. The molecule has 2 N–H and O–H groups in total. The van der Waals surface area contributed by atoms with E-state index in [0.29, 0.717) is 0 Å². The van der Waals surface area contributed by atoms with E-state index < -0.39 is 0 Å². The Morgan fingerprint density at radius 2 is 1.89 bits per heavy atom. The third-order valence-electron chi connectivity index (χ3n) is 3.07. The second-order valence-corrected chi connectivity index (χ2v) is 4.70. The summed E-state index contributed by atoms with van der Waals surface area (Å²) in [4.78, 5) is 13.9. The van der Waals surface area contributed by atoms with Gasteiger partial charge < -0.3 is 15.5 Å². The number of amides is 2. The first-order valence-electron chi connectivity index (χ1n) is 7.01. The van der Waals surface area contributed by atoms with E-state index >= 15 is 0 Å². The minimum Gasteiger partial charge on any atom is -0.338 e. The highest BCUT2D eigenvalue weighted by Crippen LogP contribution is 2.04. The Kier molecular flexibility index (Phi) is 7.66. The summed E-state index contributed by atoms with van der Waals surface area (Å²) in [5.41, 5.74) is 0.824. The van der Waals surface area contributed by atoms with Gasteiger partial charge in [-0.05, 0) is 45.1 Å². The number of benzene rings is 1. The molecule has 19 heavy (non-hydrogen) atoms. The Labute approximate surface area is 116 Å². The van der Waals surface area contributed by atoms with Gasteiger partial charge in [-0.3, -0.25) is 0 Å². The molecule has 0 bridgehead atoms. The number of carbonyl (C=O) groups is 1. The fourth-order valence-corrected chi connectivity index (χ4v) is 1.74. The number of para-hydroxylation sites is 1. The zero-order valence-corrected chi connectivity index (χ0v) is 12.0. The maximum Gasteiger partial charge on any atom is 0.319 e. The molecular formula is C15H25N3O. The number of urea groups is 1. The standard InChI is InChI=1S/C15H25N3O/c1-3-18(2)13-9-5-8-12-16-15(19)17-14-10-6-4-7-11-14/h4,6-7,10-11H,3,5,8-9,12-13H2,1-2H3,(H2,16,17,19). The van der Waals surface area contributed by atoms with E-state index in [1.807, 2.05) is 30.3 Å². The summed E-state index contributed by atoms with van der Waals surface area (Å²) < 4.78 is 0. The zero-order valence-electron chi connectivity index (χ0n) is 12.0. The smallest absolute Gasteiger partial charge is 0.319 e. The molecule has 0 spiro atoms. The Morgan fingerprint density at radius 3 is 2.58 bits per heavy atom. The quantitative estimate of drug-likeness (QED) is 0.708. The van der Waals surface area contributed by atoms with Crippen molar-refractivity contribution in [3.63, 3.8) is 0 Å². The molecule has 0 saturated carbocycles. The van der Waals surface area contributed by atoms with E-state index in [0.717, 1.165) is 38.2 Å². The molecule has 106 valence electrons. The number of hydrogen-bond donors (Lipinski definition) is 2. The first-order chi connectivity index (χ1) is 9.22. The van der Waals surface area contributed by atoms with Gasteiger partial charge in [0.2, 0.25) is 0 Å². The molecule has 0 fully saturated rings. The molecule has 0 unspecified atom stereocenters. The van der Waals surface area contributed by atoms with Crippen LogP contribution < -0.4 is 10.6 Å². The van der Waals surface area contributed by atoms with Crippen molar-refractivity contribution in [2.24, 2.45) is 0 Å². The summed E-state index contributed by atoms with van der Waals surface area (Å²) in [6.45, 7) is 5.12. The van der Waals surface area contributed by atoms with Crippen LogP contribution in [0, 0.1) is 0 Å². The minimum atomic E-state index is -0.128. The molecule has 0 saturated heterocycles. The van der Waals surface area contributed by atoms with Crippen molar-refractivity contribution in [2.45, 2.75) is 26.2 Å². The van der Waals surface area contributed by atoms with Gasteiger partial charge in [0.05, 0.1) is 0 Å². The van der Waals surface area contributed by atoms with Crippen molar-refractivity contribution in [1.82, 2.24) is 10.2 Å². The van der Waals surface area contributed by atoms with Gasteiger partial charge in [-0.2, -0.15) is 0 Å². The molecule has 0 aliphatic heterocycles. The van der Waals surface area contributed by atoms with Gasteiger partial charge in [-0.15, -0.1) is 0 Å². The summed E-state index contributed by atoms with van der Waals surface area (Å²) in [6, 6.07) is 9.35. The SMILES string of the molecule is CCN(C)CCCCCNC(=O)Nc1ccccc1. The van der Waals surface area contributed by atoms with Crippen LogP contribution >= 0.6 is 0 Å². The monoisotopic (exact) mass is 263 g/mol. The van der Waals surface area contributed by atoms with Gasteiger partial charge in [0, 0.05) is 12.2 Å². The zero-order chi connectivity index (χ0) is 13.9. The molecule has 1 rings (SSSR count). The van der Waals surface area contributed by atoms with Crippen molar-refractivity contribution in [3.8, 4) is 0 Å². The highest BCUT2D eigenvalue weighted by atomic mass is 16.2. The van der Waals surface area contributed by atoms with Crippen molar-refractivity contribution < 1.29 is 4.79 Å². The van der Waals surface area contributed by atoms with Gasteiger partial charge in [-0.1, -0.05) is 31.5 Å². The molecule has 0 aliphatic rings. The number of anilines is 1. The van der Waals surface area contributed by atoms with E-state index in [1.54, 1.807) is 0 Å². The normalized spacial score (nSPS) is 10.5. The number of unbranched alkanes of at least 4 members (excludes halogenated alkanes) is 2. The van der Waals surface area contributed by atoms with E-state index in [9.17, 15) is 4.79 Å². The maximum absolute atomic E-state index is 11.6. The number of nitrogens with one attached hydrogen (secondary N) is 2. The van der Waals surface area contributed by atoms with Crippen LogP contribution in [0.2, 0.25) is 0 Å². The van der Waals surface area contributed by atoms with Crippen LogP contribution in [-0.4, -0.2) is 37.6 Å². The second-order valence-electron chi connectivity index (χ2n) is 4.70. The van der Waals surface area contributed by atoms with Crippen molar-refractivity contribution in [2.75, 3.05) is 32.0 Å². The third kappa shape index (κ3) is 7.47. The van der Waals surface area contributed by atoms with Crippen molar-refractivity contribution in [3.05, 3.63) is 30.3 Å². The average Bonchev–Trinajstić information content (AvgIpc) is 2.43. The van der Waals surface area contributed by atoms with E-state index in [2.05, 4.69) is 29.5 Å². The molecule has 0 radical (unpaired) electrons. The Hall–Kier alpha value is -1.55. The van der Waals surface area contributed by atoms with E-state index in [1.165, 1.54) is 6.42 Å². The molecule has 1 aromatic carbocycles. The fourth-order valence-electron chi connectivity index (χ4n) is 1.74. The first-order valence-corrected chi connectivity index (χ1v) is 7.01. The summed E-state index contributed by atoms with van der Waals surface area (Å²) in [5.74, 6) is 0. The molecule has 4 nitrogen and oxygen atoms in total. The number of hydrogen-bond acceptors (Lipinski definition) is 2. The predicted octanol–water partition coefficient (Wildman–Crippen LogP) is 2.93. The summed E-state index contributed by atoms with van der Waals surface area (Å²) in [6.07, 6.45) is 3.36. The maximum atomic E-state index is 11.6. The van der Waals surface area contributed by atoms with Crippen LogP contribution in [0.15, 0.2) is 30.3 Å². The minimum absolute atomic E-state index is 0.128. The number of nitrogens with zero attached hydrogens (tertiary/aromatic N) is 1. The molecule has 0 aliphatic carbocycles. The van der Waals surface area contributed by atoms with E-state index in [4.69, 9.17) is 0 Å². The van der Waals surface area contributed by atoms with E-state index in [-0.39, 0.29) is 6.03 Å². The third-order valence-corrected chi connectivity index (χ3v) is 3.07. The highest BCUT2D eigenvalue weighted by molar-refractivity contribution is 5.89. The van der Waals surface area contributed by atoms with Crippen LogP contribution in [-0.2, 0) is 0 Å². The van der Waals surface area contributed by atoms with Crippen molar-refractivity contribution in [1.29, 1.82) is 0 Å². The van der Waals surface area contributed by atoms with Crippen LogP contribution in [0.25, 0.3) is 0 Å². The second kappa shape index (κ2) is 9.39. The fraction of sp³-hybridized carbons (Fsp3) is 0.533. The topological polar surface area (TPSA) is 44.4 Å². The van der Waals surface area contributed by atoms with Crippen LogP contribution in [0.1, 0.15) is 26.2 Å². The lowest BCUT2D eigenvalue weighted by Gasteiger charge is -2.13. The predicted molar refractivity (Wildman–Crippen MR) is 80.5 cm³/mol. The Bertz CT molecular complexity index is 354. The van der Waals surface area contributed by atoms with Gasteiger partial charge in [0.25, 0.3) is 0 Å². The number of rotatable bonds is 8. The molecule has 0 aromatic heterocycles. The molecular weight excluding hydrogens is 238 g/mol. The average molecular weight is 263 g/mol. The van der Waals surface area contributed by atoms with Crippen LogP contribution in [0.5, 0.6) is 0 Å². The molecule has 2 amide bonds. The van der Waals surface area contributed by atoms with Gasteiger partial charge >= 0.3 is 6.03 Å². The lowest BCUT2D eigenvalue weighted by molar-refractivity contribution is 0.251. The summed E-state index contributed by atoms with van der Waals surface area (Å²) in [5, 5.41) is 5.67. The lowest BCUT2D eigenvalue weighted by Crippen LogP contribution is -2.29. The summed E-state index contributed by atoms with van der Waals surface area (Å²) in [7, 11) is 2.13. The largest absolute Gasteiger partial charge is 0.338 e. The Morgan fingerprint density at radius 1 is 1.16 bits per heavy atom. The van der Waals surface area contributed by atoms with Crippen molar-refractivity contribution >= 4 is 11.7 Å².